The molecule has 94 valence electrons. The maximum atomic E-state index is 6.19. The highest BCUT2D eigenvalue weighted by Crippen LogP contribution is 2.41. The van der Waals surface area contributed by atoms with Crippen LogP contribution < -0.4 is 15.2 Å². The maximum absolute atomic E-state index is 6.19. The molecule has 0 atom stereocenters. The molecule has 2 N–H and O–H groups in total. The molecule has 0 unspecified atom stereocenters. The van der Waals surface area contributed by atoms with Crippen molar-refractivity contribution in [3.8, 4) is 11.5 Å². The van der Waals surface area contributed by atoms with Crippen molar-refractivity contribution in [2.45, 2.75) is 44.8 Å². The average molecular weight is 235 g/mol. The highest BCUT2D eigenvalue weighted by atomic mass is 16.5. The normalized spacial score (nSPS) is 17.0. The van der Waals surface area contributed by atoms with Gasteiger partial charge >= 0.3 is 0 Å². The van der Waals surface area contributed by atoms with E-state index in [4.69, 9.17) is 15.2 Å². The van der Waals surface area contributed by atoms with Crippen LogP contribution >= 0.6 is 0 Å². The second-order valence-corrected chi connectivity index (χ2v) is 5.14. The van der Waals surface area contributed by atoms with Gasteiger partial charge in [0.1, 0.15) is 11.5 Å². The second-order valence-electron chi connectivity index (χ2n) is 5.14. The number of benzene rings is 1. The molecule has 3 heteroatoms. The van der Waals surface area contributed by atoms with E-state index in [1.165, 1.54) is 0 Å². The van der Waals surface area contributed by atoms with Gasteiger partial charge in [0.15, 0.2) is 0 Å². The zero-order chi connectivity index (χ0) is 12.5. The molecule has 0 aromatic heterocycles. The van der Waals surface area contributed by atoms with Crippen LogP contribution in [0.2, 0.25) is 0 Å². The van der Waals surface area contributed by atoms with Gasteiger partial charge in [0.25, 0.3) is 0 Å². The van der Waals surface area contributed by atoms with Gasteiger partial charge in [-0.15, -0.1) is 0 Å². The molecule has 0 heterocycles. The fraction of sp³-hybridized carbons (Fsp3) is 0.571. The first-order chi connectivity index (χ1) is 8.04. The fourth-order valence-electron chi connectivity index (χ4n) is 1.96. The van der Waals surface area contributed by atoms with E-state index in [1.54, 1.807) is 7.11 Å². The summed E-state index contributed by atoms with van der Waals surface area (Å²) < 4.78 is 11.2. The lowest BCUT2D eigenvalue weighted by Crippen LogP contribution is -2.25. The summed E-state index contributed by atoms with van der Waals surface area (Å²) in [5, 5.41) is 0. The van der Waals surface area contributed by atoms with Gasteiger partial charge in [-0.1, -0.05) is 6.07 Å². The van der Waals surface area contributed by atoms with Gasteiger partial charge in [-0.25, -0.2) is 0 Å². The predicted octanol–water partition coefficient (Wildman–Crippen LogP) is 2.52. The molecule has 0 spiro atoms. The van der Waals surface area contributed by atoms with Crippen molar-refractivity contribution in [2.75, 3.05) is 7.11 Å². The Morgan fingerprint density at radius 2 is 1.94 bits per heavy atom. The van der Waals surface area contributed by atoms with Crippen molar-refractivity contribution in [1.29, 1.82) is 0 Å². The summed E-state index contributed by atoms with van der Waals surface area (Å²) >= 11 is 0. The Balaban J connectivity index is 2.29. The summed E-state index contributed by atoms with van der Waals surface area (Å²) in [6.45, 7) is 4.05. The Labute approximate surface area is 103 Å². The summed E-state index contributed by atoms with van der Waals surface area (Å²) in [4.78, 5) is 0. The molecule has 0 radical (unpaired) electrons. The van der Waals surface area contributed by atoms with Crippen LogP contribution in [-0.4, -0.2) is 18.8 Å². The first kappa shape index (κ1) is 12.2. The molecule has 3 nitrogen and oxygen atoms in total. The van der Waals surface area contributed by atoms with Gasteiger partial charge in [0.05, 0.1) is 13.2 Å². The largest absolute Gasteiger partial charge is 0.496 e. The molecule has 0 aliphatic heterocycles. The predicted molar refractivity (Wildman–Crippen MR) is 68.6 cm³/mol. The Kier molecular flexibility index (Phi) is 3.29. The first-order valence-corrected chi connectivity index (χ1v) is 6.15. The topological polar surface area (TPSA) is 44.5 Å². The maximum Gasteiger partial charge on any atom is 0.126 e. The van der Waals surface area contributed by atoms with Gasteiger partial charge in [0.2, 0.25) is 0 Å². The molecule has 1 fully saturated rings. The van der Waals surface area contributed by atoms with E-state index in [0.29, 0.717) is 0 Å². The lowest BCUT2D eigenvalue weighted by Gasteiger charge is -2.19. The van der Waals surface area contributed by atoms with Crippen molar-refractivity contribution in [1.82, 2.24) is 0 Å². The van der Waals surface area contributed by atoms with Crippen molar-refractivity contribution >= 4 is 0 Å². The van der Waals surface area contributed by atoms with Crippen molar-refractivity contribution < 1.29 is 9.47 Å². The Morgan fingerprint density at radius 1 is 1.29 bits per heavy atom. The molecule has 1 aromatic carbocycles. The van der Waals surface area contributed by atoms with Crippen molar-refractivity contribution in [2.24, 2.45) is 5.73 Å². The van der Waals surface area contributed by atoms with Crippen LogP contribution in [-0.2, 0) is 6.42 Å². The summed E-state index contributed by atoms with van der Waals surface area (Å²) in [6, 6.07) is 5.91. The van der Waals surface area contributed by atoms with E-state index in [0.717, 1.165) is 36.3 Å². The smallest absolute Gasteiger partial charge is 0.126 e. The van der Waals surface area contributed by atoms with Crippen molar-refractivity contribution in [3.05, 3.63) is 23.8 Å². The molecule has 0 amide bonds. The Hall–Kier alpha value is -1.22. The van der Waals surface area contributed by atoms with E-state index in [1.807, 2.05) is 32.0 Å². The molecule has 0 saturated heterocycles. The summed E-state index contributed by atoms with van der Waals surface area (Å²) in [5.41, 5.74) is 7.25. The third-order valence-corrected chi connectivity index (χ3v) is 3.09. The number of hydrogen-bond acceptors (Lipinski definition) is 3. The molecule has 17 heavy (non-hydrogen) atoms. The SMILES string of the molecule is COc1cccc(OC(C)C)c1CC1(N)CC1. The van der Waals surface area contributed by atoms with E-state index in [9.17, 15) is 0 Å². The highest BCUT2D eigenvalue weighted by molar-refractivity contribution is 5.46. The van der Waals surface area contributed by atoms with Gasteiger partial charge in [-0.05, 0) is 45.2 Å². The zero-order valence-corrected chi connectivity index (χ0v) is 10.8. The third kappa shape index (κ3) is 2.91. The number of nitrogens with two attached hydrogens (primary N) is 1. The summed E-state index contributed by atoms with van der Waals surface area (Å²) in [5.74, 6) is 1.77. The number of hydrogen-bond donors (Lipinski definition) is 1. The van der Waals surface area contributed by atoms with Gasteiger partial charge in [-0.3, -0.25) is 0 Å². The molecule has 1 aromatic rings. The second kappa shape index (κ2) is 4.57. The van der Waals surface area contributed by atoms with Crippen LogP contribution in [0.3, 0.4) is 0 Å². The van der Waals surface area contributed by atoms with E-state index in [-0.39, 0.29) is 11.6 Å². The Morgan fingerprint density at radius 3 is 2.47 bits per heavy atom. The monoisotopic (exact) mass is 235 g/mol. The minimum absolute atomic E-state index is 0.0380. The first-order valence-electron chi connectivity index (χ1n) is 6.15. The third-order valence-electron chi connectivity index (χ3n) is 3.09. The number of ether oxygens (including phenoxy) is 2. The lowest BCUT2D eigenvalue weighted by molar-refractivity contribution is 0.237. The van der Waals surface area contributed by atoms with Gasteiger partial charge in [-0.2, -0.15) is 0 Å². The quantitative estimate of drug-likeness (QED) is 0.853. The van der Waals surface area contributed by atoms with Crippen LogP contribution in [0.25, 0.3) is 0 Å². The van der Waals surface area contributed by atoms with Crippen LogP contribution in [0.4, 0.5) is 0 Å². The fourth-order valence-corrected chi connectivity index (χ4v) is 1.96. The van der Waals surface area contributed by atoms with E-state index >= 15 is 0 Å². The van der Waals surface area contributed by atoms with E-state index < -0.39 is 0 Å². The molecule has 1 aliphatic carbocycles. The molecule has 0 bridgehead atoms. The van der Waals surface area contributed by atoms with Gasteiger partial charge in [0, 0.05) is 11.1 Å². The minimum atomic E-state index is -0.0380. The Bertz CT molecular complexity index is 397. The highest BCUT2D eigenvalue weighted by Gasteiger charge is 2.39. The zero-order valence-electron chi connectivity index (χ0n) is 10.8. The van der Waals surface area contributed by atoms with Crippen LogP contribution in [0.5, 0.6) is 11.5 Å². The summed E-state index contributed by atoms with van der Waals surface area (Å²) in [6.07, 6.45) is 3.17. The number of rotatable bonds is 5. The van der Waals surface area contributed by atoms with Crippen LogP contribution in [0, 0.1) is 0 Å². The molecule has 1 saturated carbocycles. The number of methoxy groups -OCH3 is 1. The van der Waals surface area contributed by atoms with Crippen LogP contribution in [0.15, 0.2) is 18.2 Å². The average Bonchev–Trinajstić information content (AvgIpc) is 2.98. The van der Waals surface area contributed by atoms with E-state index in [2.05, 4.69) is 0 Å². The van der Waals surface area contributed by atoms with Gasteiger partial charge < -0.3 is 15.2 Å². The molecular formula is C14H21NO2. The molecular weight excluding hydrogens is 214 g/mol. The summed E-state index contributed by atoms with van der Waals surface area (Å²) in [7, 11) is 1.69. The van der Waals surface area contributed by atoms with Crippen molar-refractivity contribution in [3.63, 3.8) is 0 Å². The minimum Gasteiger partial charge on any atom is -0.496 e. The molecule has 1 aliphatic rings. The van der Waals surface area contributed by atoms with Crippen LogP contribution in [0.1, 0.15) is 32.3 Å². The lowest BCUT2D eigenvalue weighted by atomic mass is 10.0. The molecule has 2 rings (SSSR count). The standard InChI is InChI=1S/C14H21NO2/c1-10(2)17-13-6-4-5-12(16-3)11(13)9-14(15)7-8-14/h4-6,10H,7-9,15H2,1-3H3.